The third-order valence-corrected chi connectivity index (χ3v) is 21.1. The molecule has 2 unspecified atom stereocenters. The van der Waals surface area contributed by atoms with Gasteiger partial charge >= 0.3 is 39.5 Å². The maximum absolute atomic E-state index is 13.1. The van der Waals surface area contributed by atoms with Crippen LogP contribution in [0.2, 0.25) is 0 Å². The van der Waals surface area contributed by atoms with Crippen molar-refractivity contribution in [3.05, 3.63) is 0 Å². The molecule has 0 fully saturated rings. The Morgan fingerprint density at radius 3 is 0.673 bits per heavy atom. The standard InChI is InChI=1S/C82H160O17P2/c1-7-9-11-13-15-17-19-21-23-25-27-29-31-35-39-46-52-58-64-79(84)92-70-77(98-81(86)66-60-54-48-40-36-32-30-28-26-24-22-20-18-16-14-12-10-8-2)72-96-100(88,89)94-68-76(83)69-95-101(90,91)97-73-78(71-93-80(85)65-59-53-47-43-42-45-51-57-63-75(5)6)99-82(87)67-61-55-49-41-37-33-34-38-44-50-56-62-74(3)4/h74-78,83H,7-73H2,1-6H3,(H,88,89)(H,90,91)/t76-,77-,78-/m1/s1. The van der Waals surface area contributed by atoms with E-state index >= 15 is 0 Å². The molecule has 0 rings (SSSR count). The van der Waals surface area contributed by atoms with Crippen LogP contribution in [0.4, 0.5) is 0 Å². The molecular weight excluding hydrogens is 1320 g/mol. The first-order valence-electron chi connectivity index (χ1n) is 42.5. The summed E-state index contributed by atoms with van der Waals surface area (Å²) in [6, 6.07) is 0. The minimum absolute atomic E-state index is 0.106. The lowest BCUT2D eigenvalue weighted by molar-refractivity contribution is -0.161. The number of aliphatic hydroxyl groups excluding tert-OH is 1. The number of carbonyl (C=O) groups is 4. The van der Waals surface area contributed by atoms with Crippen molar-refractivity contribution in [3.8, 4) is 0 Å². The van der Waals surface area contributed by atoms with E-state index in [1.165, 1.54) is 250 Å². The van der Waals surface area contributed by atoms with Crippen LogP contribution in [0.15, 0.2) is 0 Å². The summed E-state index contributed by atoms with van der Waals surface area (Å²) in [6.07, 6.45) is 63.9. The number of phosphoric ester groups is 2. The van der Waals surface area contributed by atoms with Gasteiger partial charge in [-0.3, -0.25) is 37.3 Å². The molecular formula is C82H160O17P2. The van der Waals surface area contributed by atoms with Crippen molar-refractivity contribution in [2.24, 2.45) is 11.8 Å². The molecule has 101 heavy (non-hydrogen) atoms. The first-order valence-corrected chi connectivity index (χ1v) is 45.5. The van der Waals surface area contributed by atoms with E-state index in [1.807, 2.05) is 0 Å². The summed E-state index contributed by atoms with van der Waals surface area (Å²) in [4.78, 5) is 73.1. The van der Waals surface area contributed by atoms with Gasteiger partial charge in [0.25, 0.3) is 0 Å². The van der Waals surface area contributed by atoms with Crippen LogP contribution >= 0.6 is 15.6 Å². The molecule has 0 bridgehead atoms. The number of aliphatic hydroxyl groups is 1. The third kappa shape index (κ3) is 76.1. The van der Waals surface area contributed by atoms with Gasteiger partial charge in [-0.15, -0.1) is 0 Å². The smallest absolute Gasteiger partial charge is 0.462 e. The Hall–Kier alpha value is -1.94. The maximum atomic E-state index is 13.1. The SMILES string of the molecule is CCCCCCCCCCCCCCCCCCCCC(=O)OC[C@H](COP(=O)(O)OC[C@@H](O)COP(=O)(O)OC[C@@H](COC(=O)CCCCCCCCCCC(C)C)OC(=O)CCCCCCCCCCCCCC(C)C)OC(=O)CCCCCCCCCCCCCCCCCCCC. The second-order valence-corrected chi connectivity index (χ2v) is 33.4. The Balaban J connectivity index is 5.25. The van der Waals surface area contributed by atoms with Crippen molar-refractivity contribution in [3.63, 3.8) is 0 Å². The topological polar surface area (TPSA) is 237 Å². The van der Waals surface area contributed by atoms with E-state index in [0.29, 0.717) is 25.7 Å². The zero-order valence-corrected chi connectivity index (χ0v) is 68.0. The fourth-order valence-corrected chi connectivity index (χ4v) is 14.3. The molecule has 0 spiro atoms. The van der Waals surface area contributed by atoms with Gasteiger partial charge in [0.1, 0.15) is 19.3 Å². The predicted octanol–water partition coefficient (Wildman–Crippen LogP) is 24.7. The molecule has 0 radical (unpaired) electrons. The summed E-state index contributed by atoms with van der Waals surface area (Å²) in [7, 11) is -9.92. The number of unbranched alkanes of at least 4 members (excludes halogenated alkanes) is 51. The van der Waals surface area contributed by atoms with Crippen molar-refractivity contribution in [1.82, 2.24) is 0 Å². The Morgan fingerprint density at radius 1 is 0.267 bits per heavy atom. The van der Waals surface area contributed by atoms with Crippen LogP contribution in [-0.4, -0.2) is 96.7 Å². The van der Waals surface area contributed by atoms with Gasteiger partial charge in [-0.25, -0.2) is 9.13 Å². The van der Waals surface area contributed by atoms with Crippen LogP contribution in [0.1, 0.15) is 433 Å². The van der Waals surface area contributed by atoms with E-state index in [-0.39, 0.29) is 25.7 Å². The minimum Gasteiger partial charge on any atom is -0.462 e. The quantitative estimate of drug-likeness (QED) is 0.0222. The average molecular weight is 1480 g/mol. The molecule has 17 nitrogen and oxygen atoms in total. The van der Waals surface area contributed by atoms with Gasteiger partial charge in [0, 0.05) is 25.7 Å². The third-order valence-electron chi connectivity index (χ3n) is 19.2. The van der Waals surface area contributed by atoms with Crippen LogP contribution in [0.5, 0.6) is 0 Å². The van der Waals surface area contributed by atoms with Crippen molar-refractivity contribution in [2.75, 3.05) is 39.6 Å². The van der Waals surface area contributed by atoms with Crippen molar-refractivity contribution in [1.29, 1.82) is 0 Å². The number of hydrogen-bond acceptors (Lipinski definition) is 15. The lowest BCUT2D eigenvalue weighted by Crippen LogP contribution is -2.30. The van der Waals surface area contributed by atoms with E-state index in [2.05, 4.69) is 41.5 Å². The highest BCUT2D eigenvalue weighted by molar-refractivity contribution is 7.47. The molecule has 0 saturated carbocycles. The van der Waals surface area contributed by atoms with E-state index in [0.717, 1.165) is 102 Å². The molecule has 0 aliphatic carbocycles. The Bertz CT molecular complexity index is 1940. The predicted molar refractivity (Wildman–Crippen MR) is 414 cm³/mol. The molecule has 0 aromatic heterocycles. The van der Waals surface area contributed by atoms with Crippen LogP contribution < -0.4 is 0 Å². The minimum atomic E-state index is -4.96. The lowest BCUT2D eigenvalue weighted by atomic mass is 10.0. The van der Waals surface area contributed by atoms with Gasteiger partial charge in [-0.05, 0) is 37.5 Å². The van der Waals surface area contributed by atoms with Crippen molar-refractivity contribution < 1.29 is 80.2 Å². The van der Waals surface area contributed by atoms with E-state index in [4.69, 9.17) is 37.0 Å². The summed E-state index contributed by atoms with van der Waals surface area (Å²) in [5, 5.41) is 10.7. The second-order valence-electron chi connectivity index (χ2n) is 30.5. The largest absolute Gasteiger partial charge is 0.472 e. The molecule has 0 aliphatic rings. The normalized spacial score (nSPS) is 13.9. The van der Waals surface area contributed by atoms with Gasteiger partial charge in [0.05, 0.1) is 26.4 Å². The summed E-state index contributed by atoms with van der Waals surface area (Å²) < 4.78 is 68.8. The Kier molecular flexibility index (Phi) is 72.2. The maximum Gasteiger partial charge on any atom is 0.472 e. The van der Waals surface area contributed by atoms with Gasteiger partial charge in [-0.2, -0.15) is 0 Å². The molecule has 0 heterocycles. The number of esters is 4. The van der Waals surface area contributed by atoms with Gasteiger partial charge in [0.2, 0.25) is 0 Å². The van der Waals surface area contributed by atoms with Crippen LogP contribution in [0.3, 0.4) is 0 Å². The van der Waals surface area contributed by atoms with E-state index in [9.17, 15) is 43.2 Å². The monoisotopic (exact) mass is 1480 g/mol. The molecule has 0 aromatic rings. The van der Waals surface area contributed by atoms with E-state index in [1.54, 1.807) is 0 Å². The molecule has 600 valence electrons. The second kappa shape index (κ2) is 73.6. The average Bonchev–Trinajstić information content (AvgIpc) is 1.10. The summed E-state index contributed by atoms with van der Waals surface area (Å²) >= 11 is 0. The van der Waals surface area contributed by atoms with Crippen molar-refractivity contribution in [2.45, 2.75) is 452 Å². The zero-order valence-electron chi connectivity index (χ0n) is 66.2. The highest BCUT2D eigenvalue weighted by atomic mass is 31.2. The van der Waals surface area contributed by atoms with Gasteiger partial charge < -0.3 is 33.8 Å². The Labute approximate surface area is 619 Å². The van der Waals surface area contributed by atoms with Gasteiger partial charge in [-0.1, -0.05) is 382 Å². The number of carbonyl (C=O) groups excluding carboxylic acids is 4. The van der Waals surface area contributed by atoms with Crippen molar-refractivity contribution >= 4 is 39.5 Å². The number of hydrogen-bond donors (Lipinski definition) is 3. The fourth-order valence-electron chi connectivity index (χ4n) is 12.7. The van der Waals surface area contributed by atoms with E-state index < -0.39 is 97.5 Å². The number of rotatable bonds is 81. The van der Waals surface area contributed by atoms with Crippen LogP contribution in [0, 0.1) is 11.8 Å². The molecule has 3 N–H and O–H groups in total. The molecule has 0 aromatic carbocycles. The van der Waals surface area contributed by atoms with Crippen LogP contribution in [-0.2, 0) is 65.4 Å². The number of phosphoric acid groups is 2. The highest BCUT2D eigenvalue weighted by Crippen LogP contribution is 2.45. The molecule has 0 aliphatic heterocycles. The fraction of sp³-hybridized carbons (Fsp3) is 0.951. The molecule has 0 saturated heterocycles. The summed E-state index contributed by atoms with van der Waals surface area (Å²) in [6.45, 7) is 9.61. The summed E-state index contributed by atoms with van der Waals surface area (Å²) in [5.41, 5.74) is 0. The summed E-state index contributed by atoms with van der Waals surface area (Å²) in [5.74, 6) is -0.616. The molecule has 5 atom stereocenters. The zero-order chi connectivity index (χ0) is 74.2. The lowest BCUT2D eigenvalue weighted by Gasteiger charge is -2.21. The molecule has 0 amide bonds. The highest BCUT2D eigenvalue weighted by Gasteiger charge is 2.30. The molecule has 19 heteroatoms. The Morgan fingerprint density at radius 2 is 0.455 bits per heavy atom. The van der Waals surface area contributed by atoms with Gasteiger partial charge in [0.15, 0.2) is 12.2 Å². The first kappa shape index (κ1) is 99.1. The number of ether oxygens (including phenoxy) is 4. The first-order chi connectivity index (χ1) is 48.9. The van der Waals surface area contributed by atoms with Crippen LogP contribution in [0.25, 0.3) is 0 Å².